The van der Waals surface area contributed by atoms with Crippen molar-refractivity contribution in [2.75, 3.05) is 39.6 Å². The Morgan fingerprint density at radius 2 is 0.479 bits per heavy atom. The fraction of sp³-hybridized carbons (Fsp3) is 0.948. The van der Waals surface area contributed by atoms with Crippen LogP contribution < -0.4 is 0 Å². The van der Waals surface area contributed by atoms with Gasteiger partial charge in [-0.25, -0.2) is 9.13 Å². The third-order valence-electron chi connectivity index (χ3n) is 18.0. The summed E-state index contributed by atoms with van der Waals surface area (Å²) in [7, 11) is -9.91. The van der Waals surface area contributed by atoms with E-state index in [1.807, 2.05) is 0 Å². The van der Waals surface area contributed by atoms with Gasteiger partial charge in [0.2, 0.25) is 0 Å². The first-order valence-electron chi connectivity index (χ1n) is 40.0. The Morgan fingerprint density at radius 1 is 0.281 bits per heavy atom. The summed E-state index contributed by atoms with van der Waals surface area (Å²) < 4.78 is 68.6. The highest BCUT2D eigenvalue weighted by Crippen LogP contribution is 2.45. The molecule has 96 heavy (non-hydrogen) atoms. The lowest BCUT2D eigenvalue weighted by molar-refractivity contribution is -0.161. The van der Waals surface area contributed by atoms with E-state index in [0.717, 1.165) is 102 Å². The predicted octanol–water partition coefficient (Wildman–Crippen LogP) is 22.7. The van der Waals surface area contributed by atoms with Gasteiger partial charge in [-0.3, -0.25) is 37.3 Å². The largest absolute Gasteiger partial charge is 0.472 e. The lowest BCUT2D eigenvalue weighted by atomic mass is 10.0. The summed E-state index contributed by atoms with van der Waals surface area (Å²) in [4.78, 5) is 72.8. The van der Waals surface area contributed by atoms with Gasteiger partial charge < -0.3 is 33.8 Å². The molecular formula is C77H150O17P2. The Kier molecular flexibility index (Phi) is 67.4. The first-order chi connectivity index (χ1) is 46.4. The van der Waals surface area contributed by atoms with Gasteiger partial charge in [-0.15, -0.1) is 0 Å². The van der Waals surface area contributed by atoms with Crippen LogP contribution in [0.25, 0.3) is 0 Å². The second-order valence-corrected chi connectivity index (χ2v) is 31.6. The molecule has 0 heterocycles. The minimum atomic E-state index is -4.96. The molecule has 0 aliphatic heterocycles. The summed E-state index contributed by atoms with van der Waals surface area (Å²) in [5.41, 5.74) is 0. The minimum Gasteiger partial charge on any atom is -0.462 e. The highest BCUT2D eigenvalue weighted by molar-refractivity contribution is 7.47. The van der Waals surface area contributed by atoms with Crippen LogP contribution in [0.15, 0.2) is 0 Å². The van der Waals surface area contributed by atoms with E-state index < -0.39 is 97.5 Å². The first kappa shape index (κ1) is 94.1. The molecule has 2 unspecified atom stereocenters. The zero-order valence-corrected chi connectivity index (χ0v) is 64.5. The average Bonchev–Trinajstić information content (AvgIpc) is 2.45. The maximum atomic E-state index is 13.1. The van der Waals surface area contributed by atoms with E-state index >= 15 is 0 Å². The molecule has 3 N–H and O–H groups in total. The predicted molar refractivity (Wildman–Crippen MR) is 391 cm³/mol. The van der Waals surface area contributed by atoms with Crippen molar-refractivity contribution in [1.29, 1.82) is 0 Å². The molecule has 0 radical (unpaired) electrons. The van der Waals surface area contributed by atoms with E-state index in [0.29, 0.717) is 31.6 Å². The van der Waals surface area contributed by atoms with Crippen molar-refractivity contribution in [3.8, 4) is 0 Å². The molecule has 0 aromatic carbocycles. The van der Waals surface area contributed by atoms with Crippen molar-refractivity contribution in [2.24, 2.45) is 11.8 Å². The molecule has 0 bridgehead atoms. The summed E-state index contributed by atoms with van der Waals surface area (Å²) in [6, 6.07) is 0. The van der Waals surface area contributed by atoms with Crippen molar-refractivity contribution in [3.05, 3.63) is 0 Å². The molecule has 0 fully saturated rings. The minimum absolute atomic E-state index is 0.106. The number of carbonyl (C=O) groups excluding carboxylic acids is 4. The third kappa shape index (κ3) is 70.5. The number of hydrogen-bond acceptors (Lipinski definition) is 15. The smallest absolute Gasteiger partial charge is 0.462 e. The number of unbranched alkanes of at least 4 members (excludes halogenated alkanes) is 46. The van der Waals surface area contributed by atoms with Crippen LogP contribution in [0.4, 0.5) is 0 Å². The van der Waals surface area contributed by atoms with Crippen LogP contribution in [0.5, 0.6) is 0 Å². The second-order valence-electron chi connectivity index (χ2n) is 28.7. The van der Waals surface area contributed by atoms with Crippen molar-refractivity contribution in [1.82, 2.24) is 0 Å². The van der Waals surface area contributed by atoms with Crippen LogP contribution in [0.1, 0.15) is 401 Å². The van der Waals surface area contributed by atoms with Crippen LogP contribution in [-0.4, -0.2) is 96.7 Å². The van der Waals surface area contributed by atoms with E-state index in [-0.39, 0.29) is 25.7 Å². The van der Waals surface area contributed by atoms with Crippen LogP contribution in [0.2, 0.25) is 0 Å². The molecule has 17 nitrogen and oxygen atoms in total. The number of phosphoric acid groups is 2. The Hall–Kier alpha value is -1.94. The number of aliphatic hydroxyl groups is 1. The van der Waals surface area contributed by atoms with Crippen molar-refractivity contribution in [3.63, 3.8) is 0 Å². The first-order valence-corrected chi connectivity index (χ1v) is 43.0. The summed E-state index contributed by atoms with van der Waals surface area (Å²) in [6.07, 6.45) is 57.0. The standard InChI is InChI=1S/C77H150O17P2/c1-7-9-11-13-15-17-19-21-23-25-27-29-33-37-41-49-55-61-76(81)93-72(65-87-74(79)59-53-47-40-36-32-28-26-24-22-20-18-16-14-12-10-8-2)67-91-95(83,84)89-63-71(78)64-90-96(85,86)92-68-73(66-88-75(80)60-54-48-44-43-46-52-58-70(5)6)94-77(82)62-56-50-42-38-34-30-31-35-39-45-51-57-69(3)4/h69-73,78H,7-68H2,1-6H3,(H,83,84)(H,85,86)/t71-,72-,73-/m1/s1. The van der Waals surface area contributed by atoms with Crippen molar-refractivity contribution < 1.29 is 80.2 Å². The maximum absolute atomic E-state index is 13.1. The van der Waals surface area contributed by atoms with E-state index in [9.17, 15) is 43.2 Å². The Bertz CT molecular complexity index is 1860. The molecule has 19 heteroatoms. The SMILES string of the molecule is CCCCCCCCCCCCCCCCCCCC(=O)O[C@H](COC(=O)CCCCCCCCCCCCCCCCCC)COP(=O)(O)OC[C@@H](O)COP(=O)(O)OC[C@@H](COC(=O)CCCCCCCCC(C)C)OC(=O)CCCCCCCCCCCCCC(C)C. The van der Waals surface area contributed by atoms with Gasteiger partial charge in [0, 0.05) is 25.7 Å². The topological polar surface area (TPSA) is 237 Å². The van der Waals surface area contributed by atoms with Crippen LogP contribution in [-0.2, 0) is 65.4 Å². The number of hydrogen-bond donors (Lipinski definition) is 3. The van der Waals surface area contributed by atoms with Gasteiger partial charge in [-0.05, 0) is 37.5 Å². The Morgan fingerprint density at radius 3 is 0.708 bits per heavy atom. The Labute approximate surface area is 588 Å². The fourth-order valence-corrected chi connectivity index (χ4v) is 13.4. The quantitative estimate of drug-likeness (QED) is 0.0222. The zero-order chi connectivity index (χ0) is 70.7. The molecule has 0 amide bonds. The van der Waals surface area contributed by atoms with Crippen LogP contribution >= 0.6 is 15.6 Å². The molecule has 0 spiro atoms. The van der Waals surface area contributed by atoms with Gasteiger partial charge in [-0.1, -0.05) is 350 Å². The summed E-state index contributed by atoms with van der Waals surface area (Å²) in [5, 5.41) is 10.6. The molecular weight excluding hydrogens is 1260 g/mol. The number of ether oxygens (including phenoxy) is 4. The lowest BCUT2D eigenvalue weighted by Crippen LogP contribution is -2.30. The van der Waals surface area contributed by atoms with Crippen molar-refractivity contribution in [2.45, 2.75) is 419 Å². The number of aliphatic hydroxyl groups excluding tert-OH is 1. The van der Waals surface area contributed by atoms with Gasteiger partial charge >= 0.3 is 39.5 Å². The highest BCUT2D eigenvalue weighted by Gasteiger charge is 2.30. The molecule has 5 atom stereocenters. The lowest BCUT2D eigenvalue weighted by Gasteiger charge is -2.21. The third-order valence-corrected chi connectivity index (χ3v) is 19.9. The molecule has 0 aromatic rings. The van der Waals surface area contributed by atoms with E-state index in [1.54, 1.807) is 0 Å². The monoisotopic (exact) mass is 1410 g/mol. The fourth-order valence-electron chi connectivity index (χ4n) is 11.8. The second kappa shape index (κ2) is 68.8. The Balaban J connectivity index is 5.23. The van der Waals surface area contributed by atoms with Gasteiger partial charge in [-0.2, -0.15) is 0 Å². The number of esters is 4. The maximum Gasteiger partial charge on any atom is 0.472 e. The number of carbonyl (C=O) groups is 4. The number of rotatable bonds is 76. The summed E-state index contributed by atoms with van der Waals surface area (Å²) in [6.45, 7) is 9.53. The summed E-state index contributed by atoms with van der Waals surface area (Å²) in [5.74, 6) is -0.670. The van der Waals surface area contributed by atoms with Crippen LogP contribution in [0, 0.1) is 11.8 Å². The molecule has 0 aromatic heterocycles. The molecule has 0 aliphatic rings. The zero-order valence-electron chi connectivity index (χ0n) is 62.7. The highest BCUT2D eigenvalue weighted by atomic mass is 31.2. The molecule has 0 saturated heterocycles. The van der Waals surface area contributed by atoms with E-state index in [2.05, 4.69) is 41.5 Å². The molecule has 0 aliphatic carbocycles. The normalized spacial score (nSPS) is 14.0. The molecule has 0 rings (SSSR count). The van der Waals surface area contributed by atoms with E-state index in [4.69, 9.17) is 37.0 Å². The van der Waals surface area contributed by atoms with Crippen LogP contribution in [0.3, 0.4) is 0 Å². The molecule has 0 saturated carbocycles. The van der Waals surface area contributed by atoms with Gasteiger partial charge in [0.15, 0.2) is 12.2 Å². The van der Waals surface area contributed by atoms with Gasteiger partial charge in [0.25, 0.3) is 0 Å². The van der Waals surface area contributed by atoms with E-state index in [1.165, 1.54) is 212 Å². The molecule has 570 valence electrons. The number of phosphoric ester groups is 2. The van der Waals surface area contributed by atoms with Gasteiger partial charge in [0.05, 0.1) is 26.4 Å². The van der Waals surface area contributed by atoms with Gasteiger partial charge in [0.1, 0.15) is 19.3 Å². The average molecular weight is 1410 g/mol. The summed E-state index contributed by atoms with van der Waals surface area (Å²) >= 11 is 0. The van der Waals surface area contributed by atoms with Crippen molar-refractivity contribution >= 4 is 39.5 Å².